The van der Waals surface area contributed by atoms with E-state index in [1.54, 1.807) is 6.26 Å². The molecule has 1 aromatic heterocycles. The molecule has 1 saturated carbocycles. The third kappa shape index (κ3) is 4.36. The van der Waals surface area contributed by atoms with Gasteiger partial charge in [-0.2, -0.15) is 0 Å². The molecule has 3 nitrogen and oxygen atoms in total. The second-order valence-electron chi connectivity index (χ2n) is 6.00. The highest BCUT2D eigenvalue weighted by molar-refractivity contribution is 5.15. The van der Waals surface area contributed by atoms with Crippen molar-refractivity contribution in [1.29, 1.82) is 0 Å². The Bertz CT molecular complexity index is 365. The van der Waals surface area contributed by atoms with Crippen molar-refractivity contribution in [3.8, 4) is 0 Å². The number of hydrogen-bond donors (Lipinski definition) is 1. The van der Waals surface area contributed by atoms with Gasteiger partial charge in [-0.3, -0.25) is 0 Å². The van der Waals surface area contributed by atoms with Crippen LogP contribution in [0.2, 0.25) is 0 Å². The van der Waals surface area contributed by atoms with Gasteiger partial charge in [0, 0.05) is 5.56 Å². The smallest absolute Gasteiger partial charge is 0.123 e. The van der Waals surface area contributed by atoms with Gasteiger partial charge in [0.05, 0.1) is 25.5 Å². The molecule has 1 fully saturated rings. The van der Waals surface area contributed by atoms with Gasteiger partial charge in [0.2, 0.25) is 0 Å². The summed E-state index contributed by atoms with van der Waals surface area (Å²) in [7, 11) is 0. The van der Waals surface area contributed by atoms with Gasteiger partial charge in [-0.15, -0.1) is 0 Å². The molecule has 1 aliphatic carbocycles. The van der Waals surface area contributed by atoms with Crippen LogP contribution in [0.3, 0.4) is 0 Å². The first-order valence-electron chi connectivity index (χ1n) is 7.56. The zero-order chi connectivity index (χ0) is 13.7. The Morgan fingerprint density at radius 2 is 2.00 bits per heavy atom. The maximum atomic E-state index is 6.10. The molecule has 2 rings (SSSR count). The van der Waals surface area contributed by atoms with Gasteiger partial charge in [-0.1, -0.05) is 20.8 Å². The third-order valence-corrected chi connectivity index (χ3v) is 3.98. The number of furan rings is 1. The quantitative estimate of drug-likeness (QED) is 0.851. The molecule has 3 heteroatoms. The summed E-state index contributed by atoms with van der Waals surface area (Å²) in [6, 6.07) is 2.03. The van der Waals surface area contributed by atoms with Crippen molar-refractivity contribution in [2.45, 2.75) is 59.3 Å². The van der Waals surface area contributed by atoms with Crippen LogP contribution in [-0.4, -0.2) is 12.6 Å². The molecule has 1 N–H and O–H groups in total. The first kappa shape index (κ1) is 14.6. The van der Waals surface area contributed by atoms with E-state index in [0.717, 1.165) is 30.7 Å². The second-order valence-corrected chi connectivity index (χ2v) is 6.00. The number of ether oxygens (including phenoxy) is 1. The van der Waals surface area contributed by atoms with E-state index in [9.17, 15) is 0 Å². The summed E-state index contributed by atoms with van der Waals surface area (Å²) < 4.78 is 11.6. The third-order valence-electron chi connectivity index (χ3n) is 3.98. The Hall–Kier alpha value is -0.800. The van der Waals surface area contributed by atoms with Crippen LogP contribution >= 0.6 is 0 Å². The summed E-state index contributed by atoms with van der Waals surface area (Å²) in [5, 5.41) is 3.29. The van der Waals surface area contributed by atoms with Gasteiger partial charge < -0.3 is 14.5 Å². The lowest BCUT2D eigenvalue weighted by molar-refractivity contribution is -0.00967. The second kappa shape index (κ2) is 7.11. The minimum absolute atomic E-state index is 0.417. The number of nitrogens with one attached hydrogen (secondary N) is 1. The van der Waals surface area contributed by atoms with Crippen LogP contribution in [-0.2, 0) is 17.9 Å². The average molecular weight is 265 g/mol. The summed E-state index contributed by atoms with van der Waals surface area (Å²) in [5.41, 5.74) is 1.19. The van der Waals surface area contributed by atoms with Crippen molar-refractivity contribution < 1.29 is 9.15 Å². The first-order chi connectivity index (χ1) is 9.19. The highest BCUT2D eigenvalue weighted by Crippen LogP contribution is 2.31. The molecule has 0 aromatic carbocycles. The number of hydrogen-bond acceptors (Lipinski definition) is 3. The van der Waals surface area contributed by atoms with Crippen LogP contribution in [0.15, 0.2) is 16.7 Å². The lowest BCUT2D eigenvalue weighted by Gasteiger charge is -2.31. The van der Waals surface area contributed by atoms with Gasteiger partial charge in [0.15, 0.2) is 0 Å². The van der Waals surface area contributed by atoms with E-state index in [-0.39, 0.29) is 0 Å². The SMILES string of the molecule is CCNCc1occc1COC1CC(C)CC(C)C1. The molecule has 1 aliphatic rings. The Morgan fingerprint density at radius 1 is 1.26 bits per heavy atom. The molecule has 1 aromatic rings. The summed E-state index contributed by atoms with van der Waals surface area (Å²) in [6.07, 6.45) is 5.92. The zero-order valence-corrected chi connectivity index (χ0v) is 12.4. The molecular formula is C16H27NO2. The van der Waals surface area contributed by atoms with Crippen molar-refractivity contribution in [1.82, 2.24) is 5.32 Å². The topological polar surface area (TPSA) is 34.4 Å². The molecule has 0 spiro atoms. The molecule has 0 amide bonds. The van der Waals surface area contributed by atoms with Gasteiger partial charge in [0.1, 0.15) is 5.76 Å². The fraction of sp³-hybridized carbons (Fsp3) is 0.750. The maximum absolute atomic E-state index is 6.10. The lowest BCUT2D eigenvalue weighted by Crippen LogP contribution is -2.26. The van der Waals surface area contributed by atoms with Crippen molar-refractivity contribution in [2.24, 2.45) is 11.8 Å². The van der Waals surface area contributed by atoms with E-state index in [4.69, 9.17) is 9.15 Å². The molecule has 108 valence electrons. The van der Waals surface area contributed by atoms with E-state index < -0.39 is 0 Å². The Balaban J connectivity index is 1.83. The minimum Gasteiger partial charge on any atom is -0.468 e. The molecule has 2 atom stereocenters. The Kier molecular flexibility index (Phi) is 5.46. The van der Waals surface area contributed by atoms with Crippen LogP contribution < -0.4 is 5.32 Å². The maximum Gasteiger partial charge on any atom is 0.123 e. The van der Waals surface area contributed by atoms with Gasteiger partial charge >= 0.3 is 0 Å². The molecule has 0 bridgehead atoms. The monoisotopic (exact) mass is 265 g/mol. The molecular weight excluding hydrogens is 238 g/mol. The van der Waals surface area contributed by atoms with Gasteiger partial charge in [-0.05, 0) is 43.7 Å². The van der Waals surface area contributed by atoms with E-state index in [1.165, 1.54) is 24.8 Å². The molecule has 2 unspecified atom stereocenters. The first-order valence-corrected chi connectivity index (χ1v) is 7.56. The molecule has 19 heavy (non-hydrogen) atoms. The fourth-order valence-electron chi connectivity index (χ4n) is 3.11. The minimum atomic E-state index is 0.417. The molecule has 0 aliphatic heterocycles. The largest absolute Gasteiger partial charge is 0.468 e. The average Bonchev–Trinajstić information content (AvgIpc) is 2.80. The summed E-state index contributed by atoms with van der Waals surface area (Å²) >= 11 is 0. The molecule has 1 heterocycles. The highest BCUT2D eigenvalue weighted by Gasteiger charge is 2.24. The van der Waals surface area contributed by atoms with E-state index in [1.807, 2.05) is 6.07 Å². The van der Waals surface area contributed by atoms with Crippen LogP contribution in [0.1, 0.15) is 51.4 Å². The van der Waals surface area contributed by atoms with Crippen LogP contribution in [0, 0.1) is 11.8 Å². The Morgan fingerprint density at radius 3 is 2.68 bits per heavy atom. The lowest BCUT2D eigenvalue weighted by atomic mass is 9.82. The Labute approximate surface area is 116 Å². The van der Waals surface area contributed by atoms with E-state index in [2.05, 4.69) is 26.1 Å². The standard InChI is InChI=1S/C16H27NO2/c1-4-17-10-16-14(5-6-18-16)11-19-15-8-12(2)7-13(3)9-15/h5-6,12-13,15,17H,4,7-11H2,1-3H3. The summed E-state index contributed by atoms with van der Waals surface area (Å²) in [6.45, 7) is 9.20. The summed E-state index contributed by atoms with van der Waals surface area (Å²) in [5.74, 6) is 2.59. The molecule has 0 saturated heterocycles. The van der Waals surface area contributed by atoms with Gasteiger partial charge in [-0.25, -0.2) is 0 Å². The zero-order valence-electron chi connectivity index (χ0n) is 12.4. The van der Waals surface area contributed by atoms with Gasteiger partial charge in [0.25, 0.3) is 0 Å². The summed E-state index contributed by atoms with van der Waals surface area (Å²) in [4.78, 5) is 0. The van der Waals surface area contributed by atoms with Crippen LogP contribution in [0.5, 0.6) is 0 Å². The number of rotatable bonds is 6. The van der Waals surface area contributed by atoms with Crippen molar-refractivity contribution in [3.05, 3.63) is 23.7 Å². The fourth-order valence-corrected chi connectivity index (χ4v) is 3.11. The van der Waals surface area contributed by atoms with Crippen molar-refractivity contribution in [3.63, 3.8) is 0 Å². The normalized spacial score (nSPS) is 27.6. The van der Waals surface area contributed by atoms with Crippen molar-refractivity contribution in [2.75, 3.05) is 6.54 Å². The predicted octanol–water partition coefficient (Wildman–Crippen LogP) is 3.73. The van der Waals surface area contributed by atoms with E-state index in [0.29, 0.717) is 12.7 Å². The molecule has 0 radical (unpaired) electrons. The van der Waals surface area contributed by atoms with Crippen LogP contribution in [0.25, 0.3) is 0 Å². The van der Waals surface area contributed by atoms with Crippen LogP contribution in [0.4, 0.5) is 0 Å². The highest BCUT2D eigenvalue weighted by atomic mass is 16.5. The van der Waals surface area contributed by atoms with Crippen molar-refractivity contribution >= 4 is 0 Å². The van der Waals surface area contributed by atoms with E-state index >= 15 is 0 Å². The predicted molar refractivity (Wildman–Crippen MR) is 76.8 cm³/mol.